The van der Waals surface area contributed by atoms with E-state index in [0.29, 0.717) is 6.04 Å². The molecule has 1 aliphatic rings. The van der Waals surface area contributed by atoms with E-state index in [-0.39, 0.29) is 11.4 Å². The summed E-state index contributed by atoms with van der Waals surface area (Å²) in [7, 11) is 0. The van der Waals surface area contributed by atoms with Crippen molar-refractivity contribution < 1.29 is 9.59 Å². The Labute approximate surface area is 121 Å². The third-order valence-corrected chi connectivity index (χ3v) is 3.32. The van der Waals surface area contributed by atoms with Gasteiger partial charge in [-0.15, -0.1) is 0 Å². The third-order valence-electron chi connectivity index (χ3n) is 3.32. The van der Waals surface area contributed by atoms with Crippen LogP contribution >= 0.6 is 0 Å². The van der Waals surface area contributed by atoms with Crippen LogP contribution in [0, 0.1) is 6.92 Å². The second-order valence-electron chi connectivity index (χ2n) is 5.01. The van der Waals surface area contributed by atoms with Crippen LogP contribution in [0.2, 0.25) is 0 Å². The Morgan fingerprint density at radius 2 is 2.00 bits per heavy atom. The molecule has 0 saturated heterocycles. The van der Waals surface area contributed by atoms with Crippen molar-refractivity contribution in [2.24, 2.45) is 0 Å². The molecule has 0 bridgehead atoms. The third kappa shape index (κ3) is 2.91. The second-order valence-corrected chi connectivity index (χ2v) is 5.01. The molecule has 2 heterocycles. The van der Waals surface area contributed by atoms with Crippen molar-refractivity contribution in [1.82, 2.24) is 25.4 Å². The molecule has 2 amide bonds. The van der Waals surface area contributed by atoms with Gasteiger partial charge in [0.25, 0.3) is 11.8 Å². The van der Waals surface area contributed by atoms with Crippen molar-refractivity contribution in [3.63, 3.8) is 0 Å². The zero-order valence-electron chi connectivity index (χ0n) is 11.5. The number of carbonyl (C=O) groups is 2. The first-order chi connectivity index (χ1) is 10.1. The van der Waals surface area contributed by atoms with Crippen LogP contribution in [0.1, 0.15) is 45.4 Å². The molecule has 7 nitrogen and oxygen atoms in total. The lowest BCUT2D eigenvalue weighted by atomic mass is 10.2. The van der Waals surface area contributed by atoms with E-state index in [1.165, 1.54) is 6.20 Å². The maximum atomic E-state index is 11.9. The minimum absolute atomic E-state index is 0.278. The van der Waals surface area contributed by atoms with E-state index in [1.807, 2.05) is 4.57 Å². The molecular formula is C14H15N5O2. The molecule has 108 valence electrons. The molecule has 2 N–H and O–H groups in total. The summed E-state index contributed by atoms with van der Waals surface area (Å²) in [6.45, 7) is 1.78. The van der Waals surface area contributed by atoms with Crippen LogP contribution in [0.15, 0.2) is 30.9 Å². The summed E-state index contributed by atoms with van der Waals surface area (Å²) >= 11 is 0. The maximum absolute atomic E-state index is 11.9. The van der Waals surface area contributed by atoms with E-state index in [0.717, 1.165) is 18.4 Å². The van der Waals surface area contributed by atoms with E-state index in [4.69, 9.17) is 0 Å². The summed E-state index contributed by atoms with van der Waals surface area (Å²) in [6, 6.07) is 3.99. The minimum atomic E-state index is -0.455. The van der Waals surface area contributed by atoms with Crippen LogP contribution in [-0.2, 0) is 0 Å². The van der Waals surface area contributed by atoms with Crippen molar-refractivity contribution in [3.05, 3.63) is 47.8 Å². The van der Waals surface area contributed by atoms with Gasteiger partial charge >= 0.3 is 0 Å². The van der Waals surface area contributed by atoms with Gasteiger partial charge < -0.3 is 4.57 Å². The Hall–Kier alpha value is -2.70. The zero-order chi connectivity index (χ0) is 14.8. The molecule has 3 rings (SSSR count). The molecule has 0 aromatic carbocycles. The number of carbonyl (C=O) groups excluding carboxylic acids is 2. The first-order valence-corrected chi connectivity index (χ1v) is 6.71. The first-order valence-electron chi connectivity index (χ1n) is 6.71. The molecule has 2 aromatic heterocycles. The van der Waals surface area contributed by atoms with Crippen LogP contribution in [0.25, 0.3) is 0 Å². The monoisotopic (exact) mass is 285 g/mol. The number of hydrogen-bond donors (Lipinski definition) is 2. The number of amides is 2. The molecule has 1 aliphatic carbocycles. The summed E-state index contributed by atoms with van der Waals surface area (Å²) in [5.74, 6) is -0.903. The summed E-state index contributed by atoms with van der Waals surface area (Å²) < 4.78 is 1.92. The summed E-state index contributed by atoms with van der Waals surface area (Å²) in [5, 5.41) is 0. The summed E-state index contributed by atoms with van der Waals surface area (Å²) in [4.78, 5) is 31.8. The van der Waals surface area contributed by atoms with Crippen LogP contribution in [0.3, 0.4) is 0 Å². The van der Waals surface area contributed by atoms with Gasteiger partial charge in [0.1, 0.15) is 11.4 Å². The molecule has 7 heteroatoms. The van der Waals surface area contributed by atoms with Crippen LogP contribution in [-0.4, -0.2) is 26.3 Å². The fourth-order valence-electron chi connectivity index (χ4n) is 1.99. The number of nitrogens with zero attached hydrogens (tertiary/aromatic N) is 3. The maximum Gasteiger partial charge on any atom is 0.289 e. The Morgan fingerprint density at radius 1 is 1.24 bits per heavy atom. The standard InChI is InChI=1S/C14H15N5O2/c1-9-3-2-6-15-12(9)14(21)18-17-13(20)11-7-19(8-16-11)10-4-5-10/h2-3,6-8,10H,4-5H2,1H3,(H,17,20)(H,18,21). The predicted octanol–water partition coefficient (Wildman–Crippen LogP) is 0.996. The van der Waals surface area contributed by atoms with E-state index in [2.05, 4.69) is 20.8 Å². The number of hydrazine groups is 1. The van der Waals surface area contributed by atoms with Gasteiger partial charge in [0.15, 0.2) is 0 Å². The predicted molar refractivity (Wildman–Crippen MR) is 74.4 cm³/mol. The van der Waals surface area contributed by atoms with E-state index in [1.54, 1.807) is 31.6 Å². The van der Waals surface area contributed by atoms with Crippen LogP contribution < -0.4 is 10.9 Å². The lowest BCUT2D eigenvalue weighted by Crippen LogP contribution is -2.42. The first kappa shape index (κ1) is 13.3. The summed E-state index contributed by atoms with van der Waals surface area (Å²) in [6.07, 6.45) is 7.09. The lowest BCUT2D eigenvalue weighted by molar-refractivity contribution is 0.0841. The topological polar surface area (TPSA) is 88.9 Å². The van der Waals surface area contributed by atoms with Gasteiger partial charge in [-0.25, -0.2) is 4.98 Å². The number of aromatic nitrogens is 3. The summed E-state index contributed by atoms with van der Waals surface area (Å²) in [5.41, 5.74) is 5.98. The zero-order valence-corrected chi connectivity index (χ0v) is 11.5. The Kier molecular flexibility index (Phi) is 3.39. The van der Waals surface area contributed by atoms with Crippen molar-refractivity contribution in [3.8, 4) is 0 Å². The van der Waals surface area contributed by atoms with Gasteiger partial charge in [-0.2, -0.15) is 0 Å². The van der Waals surface area contributed by atoms with Crippen LogP contribution in [0.5, 0.6) is 0 Å². The highest BCUT2D eigenvalue weighted by Crippen LogP contribution is 2.34. The average Bonchev–Trinajstić information content (AvgIpc) is 3.22. The van der Waals surface area contributed by atoms with Crippen molar-refractivity contribution in [1.29, 1.82) is 0 Å². The van der Waals surface area contributed by atoms with Gasteiger partial charge in [-0.1, -0.05) is 6.07 Å². The Bertz CT molecular complexity index is 690. The van der Waals surface area contributed by atoms with Gasteiger partial charge in [-0.3, -0.25) is 25.4 Å². The number of pyridine rings is 1. The van der Waals surface area contributed by atoms with Gasteiger partial charge in [0.05, 0.1) is 6.33 Å². The Morgan fingerprint density at radius 3 is 2.71 bits per heavy atom. The molecule has 1 saturated carbocycles. The highest BCUT2D eigenvalue weighted by atomic mass is 16.2. The number of rotatable bonds is 3. The van der Waals surface area contributed by atoms with Crippen LogP contribution in [0.4, 0.5) is 0 Å². The average molecular weight is 285 g/mol. The molecule has 2 aromatic rings. The fraction of sp³-hybridized carbons (Fsp3) is 0.286. The highest BCUT2D eigenvalue weighted by Gasteiger charge is 2.24. The highest BCUT2D eigenvalue weighted by molar-refractivity contribution is 5.97. The number of hydrogen-bond acceptors (Lipinski definition) is 4. The molecule has 0 unspecified atom stereocenters. The smallest absolute Gasteiger partial charge is 0.289 e. The molecule has 0 radical (unpaired) electrons. The van der Waals surface area contributed by atoms with E-state index in [9.17, 15) is 9.59 Å². The molecule has 0 spiro atoms. The number of aryl methyl sites for hydroxylation is 1. The minimum Gasteiger partial charge on any atom is -0.334 e. The van der Waals surface area contributed by atoms with Gasteiger partial charge in [0, 0.05) is 18.4 Å². The number of imidazole rings is 1. The molecular weight excluding hydrogens is 270 g/mol. The Balaban J connectivity index is 1.60. The van der Waals surface area contributed by atoms with E-state index >= 15 is 0 Å². The quantitative estimate of drug-likeness (QED) is 0.823. The van der Waals surface area contributed by atoms with Gasteiger partial charge in [-0.05, 0) is 31.4 Å². The number of nitrogens with one attached hydrogen (secondary N) is 2. The molecule has 21 heavy (non-hydrogen) atoms. The fourth-order valence-corrected chi connectivity index (χ4v) is 1.99. The lowest BCUT2D eigenvalue weighted by Gasteiger charge is -2.07. The molecule has 1 fully saturated rings. The van der Waals surface area contributed by atoms with Crippen molar-refractivity contribution in [2.75, 3.05) is 0 Å². The van der Waals surface area contributed by atoms with Crippen molar-refractivity contribution in [2.45, 2.75) is 25.8 Å². The SMILES string of the molecule is Cc1cccnc1C(=O)NNC(=O)c1cn(C2CC2)cn1. The normalized spacial score (nSPS) is 13.8. The largest absolute Gasteiger partial charge is 0.334 e. The molecule has 0 atom stereocenters. The molecule has 0 aliphatic heterocycles. The van der Waals surface area contributed by atoms with Crippen molar-refractivity contribution >= 4 is 11.8 Å². The van der Waals surface area contributed by atoms with Gasteiger partial charge in [0.2, 0.25) is 0 Å². The van der Waals surface area contributed by atoms with E-state index < -0.39 is 11.8 Å². The second kappa shape index (κ2) is 5.35.